The molecule has 1 fully saturated rings. The normalized spacial score (nSPS) is 15.1. The van der Waals surface area contributed by atoms with Crippen molar-refractivity contribution in [2.45, 2.75) is 39.2 Å². The third-order valence-electron chi connectivity index (χ3n) is 6.37. The Hall–Kier alpha value is -4.47. The number of carbonyl (C=O) groups is 3. The first-order chi connectivity index (χ1) is 17.2. The molecule has 3 heterocycles. The summed E-state index contributed by atoms with van der Waals surface area (Å²) in [5.74, 6) is 5.99. The van der Waals surface area contributed by atoms with Crippen LogP contribution >= 0.6 is 0 Å². The quantitative estimate of drug-likeness (QED) is 0.327. The number of hydrogen-bond acceptors (Lipinski definition) is 7. The number of carbonyl (C=O) groups excluding carboxylic acids is 3. The highest BCUT2D eigenvalue weighted by Crippen LogP contribution is 2.36. The molecule has 3 aromatic rings. The maximum Gasteiger partial charge on any atom is 0.269 e. The number of amides is 2. The summed E-state index contributed by atoms with van der Waals surface area (Å²) in [6.45, 7) is 8.02. The van der Waals surface area contributed by atoms with Crippen molar-refractivity contribution in [3.63, 3.8) is 0 Å². The molecule has 0 spiro atoms. The molecule has 0 unspecified atom stereocenters. The van der Waals surface area contributed by atoms with E-state index in [-0.39, 0.29) is 23.4 Å². The molecule has 186 valence electrons. The van der Waals surface area contributed by atoms with Crippen LogP contribution in [0.1, 0.15) is 65.0 Å². The minimum absolute atomic E-state index is 0.0445. The van der Waals surface area contributed by atoms with Crippen molar-refractivity contribution in [1.82, 2.24) is 19.5 Å². The van der Waals surface area contributed by atoms with Crippen LogP contribution in [-0.2, 0) is 11.2 Å². The molecule has 1 atom stereocenters. The van der Waals surface area contributed by atoms with Crippen LogP contribution in [-0.4, -0.2) is 43.7 Å². The Morgan fingerprint density at radius 2 is 1.92 bits per heavy atom. The average Bonchev–Trinajstić information content (AvgIpc) is 3.48. The van der Waals surface area contributed by atoms with E-state index in [2.05, 4.69) is 21.9 Å². The number of nitrogens with zero attached hydrogens (tertiary/aromatic N) is 4. The highest BCUT2D eigenvalue weighted by Gasteiger charge is 2.34. The zero-order chi connectivity index (χ0) is 26.0. The van der Waals surface area contributed by atoms with Crippen molar-refractivity contribution in [2.24, 2.45) is 5.73 Å². The smallest absolute Gasteiger partial charge is 0.269 e. The van der Waals surface area contributed by atoms with Crippen LogP contribution < -0.4 is 16.9 Å². The highest BCUT2D eigenvalue weighted by atomic mass is 16.2. The lowest BCUT2D eigenvalue weighted by Gasteiger charge is -2.26. The molecular formula is C26H29N7O3. The minimum Gasteiger partial charge on any atom is -0.364 e. The molecule has 0 saturated carbocycles. The Morgan fingerprint density at radius 3 is 2.56 bits per heavy atom. The molecule has 0 aliphatic carbocycles. The monoisotopic (exact) mass is 487 g/mol. The maximum atomic E-state index is 12.7. The lowest BCUT2D eigenvalue weighted by atomic mass is 10.1. The van der Waals surface area contributed by atoms with Gasteiger partial charge < -0.3 is 21.8 Å². The number of rotatable bonds is 8. The number of allylic oxidation sites excluding steroid dienone is 1. The Labute approximate surface area is 209 Å². The molecule has 1 aromatic carbocycles. The lowest BCUT2D eigenvalue weighted by Crippen LogP contribution is -2.30. The van der Waals surface area contributed by atoms with E-state index < -0.39 is 5.91 Å². The Morgan fingerprint density at radius 1 is 1.19 bits per heavy atom. The second-order valence-corrected chi connectivity index (χ2v) is 8.69. The standard InChI is InChI=1S/C26H29N7O3/c1-4-17-11-12-29-21(14-17)30-26(36)19-9-7-18(8-10-19)22-23(24(27)35)33(28)25(31-22)20-6-5-13-32(20)15(2)16(3)34/h7-12,14,20H,2,4-6,13,28H2,1,3H3,(H2,27,35)(H,29,30,36)/t20-/m0/s1. The number of likely N-dealkylation sites (tertiary alicyclic amines) is 1. The van der Waals surface area contributed by atoms with Crippen LogP contribution in [0.25, 0.3) is 11.3 Å². The van der Waals surface area contributed by atoms with Gasteiger partial charge in [-0.3, -0.25) is 14.4 Å². The summed E-state index contributed by atoms with van der Waals surface area (Å²) in [5.41, 5.74) is 8.44. The van der Waals surface area contributed by atoms with Crippen molar-refractivity contribution in [3.8, 4) is 11.3 Å². The number of nitrogen functional groups attached to an aromatic ring is 1. The summed E-state index contributed by atoms with van der Waals surface area (Å²) >= 11 is 0. The summed E-state index contributed by atoms with van der Waals surface area (Å²) in [4.78, 5) is 47.7. The summed E-state index contributed by atoms with van der Waals surface area (Å²) < 4.78 is 1.20. The Balaban J connectivity index is 1.63. The number of ketones is 1. The fraction of sp³-hybridized carbons (Fsp3) is 0.269. The van der Waals surface area contributed by atoms with Gasteiger partial charge in [0.1, 0.15) is 11.5 Å². The molecule has 2 aromatic heterocycles. The zero-order valence-electron chi connectivity index (χ0n) is 20.3. The third kappa shape index (κ3) is 4.70. The largest absolute Gasteiger partial charge is 0.364 e. The van der Waals surface area contributed by atoms with E-state index in [9.17, 15) is 14.4 Å². The topological polar surface area (TPSA) is 149 Å². The number of aromatic nitrogens is 3. The van der Waals surface area contributed by atoms with E-state index in [1.807, 2.05) is 24.0 Å². The fourth-order valence-electron chi connectivity index (χ4n) is 4.41. The number of anilines is 1. The molecule has 10 heteroatoms. The van der Waals surface area contributed by atoms with Crippen molar-refractivity contribution >= 4 is 23.4 Å². The average molecular weight is 488 g/mol. The molecule has 1 saturated heterocycles. The van der Waals surface area contributed by atoms with Crippen molar-refractivity contribution in [3.05, 3.63) is 77.5 Å². The Kier molecular flexibility index (Phi) is 6.86. The predicted octanol–water partition coefficient (Wildman–Crippen LogP) is 2.81. The number of Topliss-reactive ketones (excluding diaryl/α,β-unsaturated/α-hetero) is 1. The van der Waals surface area contributed by atoms with Crippen molar-refractivity contribution < 1.29 is 14.4 Å². The number of nitrogens with two attached hydrogens (primary N) is 2. The van der Waals surface area contributed by atoms with Gasteiger partial charge in [-0.1, -0.05) is 25.6 Å². The summed E-state index contributed by atoms with van der Waals surface area (Å²) in [6.07, 6.45) is 4.01. The summed E-state index contributed by atoms with van der Waals surface area (Å²) in [6, 6.07) is 10.0. The first-order valence-corrected chi connectivity index (χ1v) is 11.7. The highest BCUT2D eigenvalue weighted by molar-refractivity contribution is 6.04. The molecule has 1 aliphatic heterocycles. The number of primary amides is 1. The molecule has 0 bridgehead atoms. The van der Waals surface area contributed by atoms with E-state index in [0.717, 1.165) is 18.4 Å². The number of pyridine rings is 1. The van der Waals surface area contributed by atoms with Gasteiger partial charge in [0.2, 0.25) is 0 Å². The number of nitrogens with one attached hydrogen (secondary N) is 1. The number of hydrogen-bond donors (Lipinski definition) is 3. The van der Waals surface area contributed by atoms with E-state index >= 15 is 0 Å². The number of imidazole rings is 1. The van der Waals surface area contributed by atoms with Gasteiger partial charge in [-0.25, -0.2) is 14.6 Å². The van der Waals surface area contributed by atoms with Crippen LogP contribution in [0, 0.1) is 0 Å². The van der Waals surface area contributed by atoms with Gasteiger partial charge in [0.15, 0.2) is 17.3 Å². The zero-order valence-corrected chi connectivity index (χ0v) is 20.3. The molecule has 4 rings (SSSR count). The van der Waals surface area contributed by atoms with E-state index in [4.69, 9.17) is 11.6 Å². The molecule has 10 nitrogen and oxygen atoms in total. The van der Waals surface area contributed by atoms with Gasteiger partial charge in [0, 0.05) is 30.8 Å². The van der Waals surface area contributed by atoms with Gasteiger partial charge in [-0.05, 0) is 49.1 Å². The predicted molar refractivity (Wildman–Crippen MR) is 136 cm³/mol. The van der Waals surface area contributed by atoms with Gasteiger partial charge in [-0.2, -0.15) is 0 Å². The van der Waals surface area contributed by atoms with Crippen LogP contribution in [0.4, 0.5) is 5.82 Å². The van der Waals surface area contributed by atoms with Gasteiger partial charge in [0.25, 0.3) is 11.8 Å². The van der Waals surface area contributed by atoms with E-state index in [1.54, 1.807) is 30.5 Å². The number of benzene rings is 1. The summed E-state index contributed by atoms with van der Waals surface area (Å²) in [7, 11) is 0. The second kappa shape index (κ2) is 10.0. The van der Waals surface area contributed by atoms with E-state index in [0.29, 0.717) is 47.1 Å². The van der Waals surface area contributed by atoms with E-state index in [1.165, 1.54) is 11.6 Å². The fourth-order valence-corrected chi connectivity index (χ4v) is 4.41. The van der Waals surface area contributed by atoms with Crippen LogP contribution in [0.3, 0.4) is 0 Å². The second-order valence-electron chi connectivity index (χ2n) is 8.69. The molecule has 2 amide bonds. The minimum atomic E-state index is -0.732. The molecular weight excluding hydrogens is 458 g/mol. The Bertz CT molecular complexity index is 1340. The summed E-state index contributed by atoms with van der Waals surface area (Å²) in [5, 5.41) is 2.79. The van der Waals surface area contributed by atoms with Crippen LogP contribution in [0.2, 0.25) is 0 Å². The first-order valence-electron chi connectivity index (χ1n) is 11.7. The van der Waals surface area contributed by atoms with Crippen molar-refractivity contribution in [1.29, 1.82) is 0 Å². The van der Waals surface area contributed by atoms with Gasteiger partial charge in [-0.15, -0.1) is 0 Å². The maximum absolute atomic E-state index is 12.7. The van der Waals surface area contributed by atoms with Crippen molar-refractivity contribution in [2.75, 3.05) is 17.7 Å². The molecule has 36 heavy (non-hydrogen) atoms. The molecule has 0 radical (unpaired) electrons. The first kappa shape index (κ1) is 24.6. The SMILES string of the molecule is C=C(C(C)=O)N1CCC[C@H]1c1nc(-c2ccc(C(=O)Nc3cc(CC)ccn3)cc2)c(C(N)=O)n1N. The number of aryl methyl sites for hydroxylation is 1. The molecule has 5 N–H and O–H groups in total. The third-order valence-corrected chi connectivity index (χ3v) is 6.37. The van der Waals surface area contributed by atoms with Crippen LogP contribution in [0.15, 0.2) is 54.9 Å². The van der Waals surface area contributed by atoms with Gasteiger partial charge in [0.05, 0.1) is 11.7 Å². The van der Waals surface area contributed by atoms with Gasteiger partial charge >= 0.3 is 0 Å². The van der Waals surface area contributed by atoms with Crippen LogP contribution in [0.5, 0.6) is 0 Å². The molecule has 1 aliphatic rings. The lowest BCUT2D eigenvalue weighted by molar-refractivity contribution is -0.115.